The molecule has 0 bridgehead atoms. The topological polar surface area (TPSA) is 104 Å². The molecule has 0 spiro atoms. The van der Waals surface area contributed by atoms with Crippen LogP contribution in [-0.4, -0.2) is 19.7 Å². The second-order valence-corrected chi connectivity index (χ2v) is 7.91. The summed E-state index contributed by atoms with van der Waals surface area (Å²) in [6.07, 6.45) is 1.63. The van der Waals surface area contributed by atoms with Gasteiger partial charge in [0.05, 0.1) is 23.6 Å². The third kappa shape index (κ3) is 4.79. The van der Waals surface area contributed by atoms with Crippen LogP contribution in [0.3, 0.4) is 0 Å². The number of nitrogens with zero attached hydrogens (tertiary/aromatic N) is 1. The summed E-state index contributed by atoms with van der Waals surface area (Å²) in [5, 5.41) is 10.1. The van der Waals surface area contributed by atoms with E-state index in [0.717, 1.165) is 5.56 Å². The first-order chi connectivity index (χ1) is 17.0. The Balaban J connectivity index is 1.70. The van der Waals surface area contributed by atoms with Crippen LogP contribution in [-0.2, 0) is 0 Å². The van der Waals surface area contributed by atoms with Gasteiger partial charge in [-0.1, -0.05) is 48.5 Å². The number of halogens is 1. The van der Waals surface area contributed by atoms with Gasteiger partial charge in [-0.2, -0.15) is 5.26 Å². The molecule has 1 aliphatic heterocycles. The summed E-state index contributed by atoms with van der Waals surface area (Å²) in [5.41, 5.74) is 8.02. The fraction of sp³-hybridized carbons (Fsp3) is 0.111. The van der Waals surface area contributed by atoms with Crippen LogP contribution in [0.2, 0.25) is 5.02 Å². The number of rotatable bonds is 7. The van der Waals surface area contributed by atoms with E-state index in [4.69, 9.17) is 36.3 Å². The van der Waals surface area contributed by atoms with Gasteiger partial charge in [0.25, 0.3) is 0 Å². The SMILES string of the molecule is C=CCOc1ccc(C2C(C#N)=C(N)Oc3cc(OC(=O)c4ccccc4Cl)ccc32)cc1OC. The normalized spacial score (nSPS) is 14.3. The fourth-order valence-electron chi connectivity index (χ4n) is 3.76. The van der Waals surface area contributed by atoms with Gasteiger partial charge >= 0.3 is 5.97 Å². The molecule has 35 heavy (non-hydrogen) atoms. The van der Waals surface area contributed by atoms with Gasteiger partial charge in [0.1, 0.15) is 29.7 Å². The molecule has 2 N–H and O–H groups in total. The molecule has 1 aliphatic rings. The first kappa shape index (κ1) is 23.7. The summed E-state index contributed by atoms with van der Waals surface area (Å²) in [7, 11) is 1.53. The Kier molecular flexibility index (Phi) is 6.95. The predicted molar refractivity (Wildman–Crippen MR) is 131 cm³/mol. The van der Waals surface area contributed by atoms with Gasteiger partial charge in [0.15, 0.2) is 11.5 Å². The highest BCUT2D eigenvalue weighted by Crippen LogP contribution is 2.45. The molecule has 1 atom stereocenters. The maximum atomic E-state index is 12.6. The number of benzene rings is 3. The quantitative estimate of drug-likeness (QED) is 0.271. The largest absolute Gasteiger partial charge is 0.493 e. The van der Waals surface area contributed by atoms with E-state index in [1.165, 1.54) is 7.11 Å². The lowest BCUT2D eigenvalue weighted by atomic mass is 9.83. The summed E-state index contributed by atoms with van der Waals surface area (Å²) >= 11 is 6.10. The highest BCUT2D eigenvalue weighted by Gasteiger charge is 2.32. The maximum Gasteiger partial charge on any atom is 0.345 e. The molecule has 176 valence electrons. The fourth-order valence-corrected chi connectivity index (χ4v) is 3.98. The molecule has 3 aromatic carbocycles. The molecule has 0 saturated heterocycles. The van der Waals surface area contributed by atoms with Gasteiger partial charge in [-0.15, -0.1) is 0 Å². The number of allylic oxidation sites excluding steroid dienone is 1. The summed E-state index contributed by atoms with van der Waals surface area (Å²) < 4.78 is 22.3. The molecular formula is C27H21ClN2O5. The molecule has 0 fully saturated rings. The Bertz CT molecular complexity index is 1380. The molecular weight excluding hydrogens is 468 g/mol. The third-order valence-corrected chi connectivity index (χ3v) is 5.70. The summed E-state index contributed by atoms with van der Waals surface area (Å²) in [6.45, 7) is 3.97. The Hall–Kier alpha value is -4.41. The van der Waals surface area contributed by atoms with E-state index in [-0.39, 0.29) is 27.8 Å². The lowest BCUT2D eigenvalue weighted by Crippen LogP contribution is -2.21. The minimum absolute atomic E-state index is 0.0365. The van der Waals surface area contributed by atoms with E-state index in [9.17, 15) is 10.1 Å². The first-order valence-corrected chi connectivity index (χ1v) is 10.9. The van der Waals surface area contributed by atoms with Gasteiger partial charge in [0.2, 0.25) is 5.88 Å². The standard InChI is InChI=1S/C27H21ClN2O5/c1-3-12-33-22-11-8-16(13-24(22)32-2)25-19-10-9-17(14-23(19)35-26(30)20(25)15-29)34-27(31)18-6-4-5-7-21(18)28/h3-11,13-14,25H,1,12,30H2,2H3. The van der Waals surface area contributed by atoms with Crippen molar-refractivity contribution in [3.63, 3.8) is 0 Å². The van der Waals surface area contributed by atoms with Gasteiger partial charge in [-0.25, -0.2) is 4.79 Å². The van der Waals surface area contributed by atoms with Crippen LogP contribution >= 0.6 is 11.6 Å². The zero-order chi connectivity index (χ0) is 24.9. The van der Waals surface area contributed by atoms with E-state index in [2.05, 4.69) is 12.6 Å². The smallest absolute Gasteiger partial charge is 0.345 e. The molecule has 0 aromatic heterocycles. The number of ether oxygens (including phenoxy) is 4. The van der Waals surface area contributed by atoms with Crippen molar-refractivity contribution in [1.82, 2.24) is 0 Å². The minimum atomic E-state index is -0.607. The lowest BCUT2D eigenvalue weighted by molar-refractivity contribution is 0.0734. The highest BCUT2D eigenvalue weighted by atomic mass is 35.5. The number of carbonyl (C=O) groups excluding carboxylic acids is 1. The number of nitrogens with two attached hydrogens (primary N) is 1. The molecule has 0 amide bonds. The average Bonchev–Trinajstić information content (AvgIpc) is 2.86. The van der Waals surface area contributed by atoms with E-state index in [0.29, 0.717) is 29.4 Å². The number of fused-ring (bicyclic) bond motifs is 1. The average molecular weight is 489 g/mol. The van der Waals surface area contributed by atoms with Crippen LogP contribution in [0.5, 0.6) is 23.0 Å². The maximum absolute atomic E-state index is 12.6. The van der Waals surface area contributed by atoms with Crippen molar-refractivity contribution in [2.75, 3.05) is 13.7 Å². The second kappa shape index (κ2) is 10.2. The van der Waals surface area contributed by atoms with Crippen LogP contribution in [0, 0.1) is 11.3 Å². The number of nitriles is 1. The zero-order valence-electron chi connectivity index (χ0n) is 18.8. The number of hydrogen-bond acceptors (Lipinski definition) is 7. The highest BCUT2D eigenvalue weighted by molar-refractivity contribution is 6.33. The van der Waals surface area contributed by atoms with Crippen LogP contribution in [0.1, 0.15) is 27.4 Å². The van der Waals surface area contributed by atoms with E-state index in [1.54, 1.807) is 60.7 Å². The number of carbonyl (C=O) groups is 1. The molecule has 0 radical (unpaired) electrons. The van der Waals surface area contributed by atoms with E-state index in [1.807, 2.05) is 6.07 Å². The minimum Gasteiger partial charge on any atom is -0.493 e. The van der Waals surface area contributed by atoms with Gasteiger partial charge in [0, 0.05) is 11.6 Å². The molecule has 1 unspecified atom stereocenters. The first-order valence-electron chi connectivity index (χ1n) is 10.6. The van der Waals surface area contributed by atoms with Crippen molar-refractivity contribution >= 4 is 17.6 Å². The van der Waals surface area contributed by atoms with Crippen LogP contribution < -0.4 is 24.7 Å². The Morgan fingerprint density at radius 3 is 2.71 bits per heavy atom. The monoisotopic (exact) mass is 488 g/mol. The summed E-state index contributed by atoms with van der Waals surface area (Å²) in [6, 6.07) is 19.0. The van der Waals surface area contributed by atoms with Crippen LogP contribution in [0.4, 0.5) is 0 Å². The Labute approximate surface area is 207 Å². The summed E-state index contributed by atoms with van der Waals surface area (Å²) in [4.78, 5) is 12.6. The third-order valence-electron chi connectivity index (χ3n) is 5.37. The van der Waals surface area contributed by atoms with Crippen molar-refractivity contribution < 1.29 is 23.7 Å². The van der Waals surface area contributed by atoms with E-state index >= 15 is 0 Å². The predicted octanol–water partition coefficient (Wildman–Crippen LogP) is 5.35. The van der Waals surface area contributed by atoms with Crippen LogP contribution in [0.15, 0.2) is 84.8 Å². The number of hydrogen-bond donors (Lipinski definition) is 1. The molecule has 3 aromatic rings. The molecule has 4 rings (SSSR count). The van der Waals surface area contributed by atoms with E-state index < -0.39 is 11.9 Å². The van der Waals surface area contributed by atoms with Crippen molar-refractivity contribution in [2.24, 2.45) is 5.73 Å². The van der Waals surface area contributed by atoms with Crippen molar-refractivity contribution in [2.45, 2.75) is 5.92 Å². The van der Waals surface area contributed by atoms with Crippen molar-refractivity contribution in [3.8, 4) is 29.1 Å². The van der Waals surface area contributed by atoms with Gasteiger partial charge in [-0.05, 0) is 35.9 Å². The van der Waals surface area contributed by atoms with Gasteiger partial charge in [-0.3, -0.25) is 0 Å². The Morgan fingerprint density at radius 2 is 2.00 bits per heavy atom. The molecule has 8 heteroatoms. The van der Waals surface area contributed by atoms with Gasteiger partial charge < -0.3 is 24.7 Å². The Morgan fingerprint density at radius 1 is 1.20 bits per heavy atom. The van der Waals surface area contributed by atoms with Crippen molar-refractivity contribution in [1.29, 1.82) is 5.26 Å². The number of methoxy groups -OCH3 is 1. The second-order valence-electron chi connectivity index (χ2n) is 7.50. The van der Waals surface area contributed by atoms with Crippen LogP contribution in [0.25, 0.3) is 0 Å². The molecule has 7 nitrogen and oxygen atoms in total. The molecule has 0 saturated carbocycles. The summed E-state index contributed by atoms with van der Waals surface area (Å²) in [5.74, 6) is 0.474. The van der Waals surface area contributed by atoms with Crippen molar-refractivity contribution in [3.05, 3.63) is 106 Å². The molecule has 1 heterocycles. The zero-order valence-corrected chi connectivity index (χ0v) is 19.5. The molecule has 0 aliphatic carbocycles. The lowest BCUT2D eigenvalue weighted by Gasteiger charge is -2.27. The number of esters is 1.